The van der Waals surface area contributed by atoms with E-state index in [1.165, 1.54) is 0 Å². The standard InChI is InChI=1S/C13H19N3O3/c1-3-15-13(18)9-19-11-6-4-10(5-7-11)16-12(17)8-14-2/h4-7,14H,3,8-9H2,1-2H3,(H,15,18)(H,16,17). The molecule has 0 aliphatic carbocycles. The molecule has 19 heavy (non-hydrogen) atoms. The SMILES string of the molecule is CCNC(=O)COc1ccc(NC(=O)CNC)cc1. The van der Waals surface area contributed by atoms with E-state index in [1.807, 2.05) is 6.92 Å². The van der Waals surface area contributed by atoms with Gasteiger partial charge in [-0.05, 0) is 38.2 Å². The lowest BCUT2D eigenvalue weighted by atomic mass is 10.3. The molecule has 6 nitrogen and oxygen atoms in total. The zero-order chi connectivity index (χ0) is 14.1. The van der Waals surface area contributed by atoms with Crippen LogP contribution in [0.25, 0.3) is 0 Å². The van der Waals surface area contributed by atoms with Crippen molar-refractivity contribution in [2.45, 2.75) is 6.92 Å². The van der Waals surface area contributed by atoms with E-state index >= 15 is 0 Å². The topological polar surface area (TPSA) is 79.5 Å². The number of carbonyl (C=O) groups is 2. The first-order valence-corrected chi connectivity index (χ1v) is 6.09. The fourth-order valence-corrected chi connectivity index (χ4v) is 1.40. The predicted octanol–water partition coefficient (Wildman–Crippen LogP) is 0.359. The van der Waals surface area contributed by atoms with Gasteiger partial charge in [-0.15, -0.1) is 0 Å². The summed E-state index contributed by atoms with van der Waals surface area (Å²) in [5, 5.41) is 8.12. The summed E-state index contributed by atoms with van der Waals surface area (Å²) in [4.78, 5) is 22.5. The summed E-state index contributed by atoms with van der Waals surface area (Å²) < 4.78 is 5.29. The van der Waals surface area contributed by atoms with E-state index in [0.29, 0.717) is 18.0 Å². The molecule has 0 fully saturated rings. The molecule has 2 amide bonds. The quantitative estimate of drug-likeness (QED) is 0.665. The molecule has 0 aromatic heterocycles. The average molecular weight is 265 g/mol. The maximum Gasteiger partial charge on any atom is 0.257 e. The first-order chi connectivity index (χ1) is 9.15. The third kappa shape index (κ3) is 5.87. The van der Waals surface area contributed by atoms with Gasteiger partial charge in [-0.3, -0.25) is 9.59 Å². The minimum Gasteiger partial charge on any atom is -0.484 e. The van der Waals surface area contributed by atoms with Gasteiger partial charge >= 0.3 is 0 Å². The maximum absolute atomic E-state index is 11.3. The van der Waals surface area contributed by atoms with Crippen molar-refractivity contribution in [1.29, 1.82) is 0 Å². The van der Waals surface area contributed by atoms with Crippen LogP contribution in [-0.2, 0) is 9.59 Å². The smallest absolute Gasteiger partial charge is 0.257 e. The molecule has 6 heteroatoms. The molecule has 0 saturated carbocycles. The van der Waals surface area contributed by atoms with Gasteiger partial charge in [-0.25, -0.2) is 0 Å². The highest BCUT2D eigenvalue weighted by Gasteiger charge is 2.03. The van der Waals surface area contributed by atoms with Crippen LogP contribution in [0.4, 0.5) is 5.69 Å². The molecular formula is C13H19N3O3. The minimum atomic E-state index is -0.158. The van der Waals surface area contributed by atoms with Crippen LogP contribution >= 0.6 is 0 Å². The zero-order valence-electron chi connectivity index (χ0n) is 11.2. The van der Waals surface area contributed by atoms with Crippen LogP contribution in [0.3, 0.4) is 0 Å². The average Bonchev–Trinajstić information content (AvgIpc) is 2.38. The Hall–Kier alpha value is -2.08. The molecule has 0 spiro atoms. The molecule has 0 aliphatic heterocycles. The molecule has 0 bridgehead atoms. The molecular weight excluding hydrogens is 246 g/mol. The lowest BCUT2D eigenvalue weighted by Gasteiger charge is -2.08. The Labute approximate surface area is 112 Å². The fraction of sp³-hybridized carbons (Fsp3) is 0.385. The van der Waals surface area contributed by atoms with E-state index in [0.717, 1.165) is 0 Å². The normalized spacial score (nSPS) is 9.79. The second-order valence-corrected chi connectivity index (χ2v) is 3.85. The molecule has 1 rings (SSSR count). The lowest BCUT2D eigenvalue weighted by molar-refractivity contribution is -0.123. The summed E-state index contributed by atoms with van der Waals surface area (Å²) in [6, 6.07) is 6.85. The van der Waals surface area contributed by atoms with Crippen molar-refractivity contribution >= 4 is 17.5 Å². The van der Waals surface area contributed by atoms with Gasteiger partial charge in [0.15, 0.2) is 6.61 Å². The van der Waals surface area contributed by atoms with Crippen molar-refractivity contribution in [3.05, 3.63) is 24.3 Å². The second-order valence-electron chi connectivity index (χ2n) is 3.85. The molecule has 0 atom stereocenters. The zero-order valence-corrected chi connectivity index (χ0v) is 11.2. The summed E-state index contributed by atoms with van der Waals surface area (Å²) in [5.41, 5.74) is 0.686. The van der Waals surface area contributed by atoms with Crippen LogP contribution in [-0.4, -0.2) is 38.6 Å². The van der Waals surface area contributed by atoms with Gasteiger partial charge in [0.1, 0.15) is 5.75 Å². The molecule has 0 heterocycles. The number of likely N-dealkylation sites (N-methyl/N-ethyl adjacent to an activating group) is 2. The minimum absolute atomic E-state index is 0.0146. The Kier molecular flexibility index (Phi) is 6.38. The monoisotopic (exact) mass is 265 g/mol. The summed E-state index contributed by atoms with van der Waals surface area (Å²) in [5.74, 6) is 0.310. The van der Waals surface area contributed by atoms with E-state index in [1.54, 1.807) is 31.3 Å². The van der Waals surface area contributed by atoms with Crippen molar-refractivity contribution < 1.29 is 14.3 Å². The fourth-order valence-electron chi connectivity index (χ4n) is 1.40. The molecule has 0 aliphatic rings. The number of hydrogen-bond donors (Lipinski definition) is 3. The van der Waals surface area contributed by atoms with Gasteiger partial charge in [-0.2, -0.15) is 0 Å². The van der Waals surface area contributed by atoms with Crippen molar-refractivity contribution in [3.8, 4) is 5.75 Å². The maximum atomic E-state index is 11.3. The molecule has 1 aromatic rings. The van der Waals surface area contributed by atoms with E-state index < -0.39 is 0 Å². The van der Waals surface area contributed by atoms with E-state index in [2.05, 4.69) is 16.0 Å². The van der Waals surface area contributed by atoms with Crippen molar-refractivity contribution in [1.82, 2.24) is 10.6 Å². The first-order valence-electron chi connectivity index (χ1n) is 6.09. The van der Waals surface area contributed by atoms with Crippen LogP contribution in [0.5, 0.6) is 5.75 Å². The van der Waals surface area contributed by atoms with Gasteiger partial charge < -0.3 is 20.7 Å². The summed E-state index contributed by atoms with van der Waals surface area (Å²) in [6.07, 6.45) is 0. The van der Waals surface area contributed by atoms with Gasteiger partial charge in [0.25, 0.3) is 5.91 Å². The van der Waals surface area contributed by atoms with Crippen LogP contribution in [0.1, 0.15) is 6.92 Å². The van der Waals surface area contributed by atoms with Crippen molar-refractivity contribution in [2.75, 3.05) is 32.1 Å². The third-order valence-corrected chi connectivity index (χ3v) is 2.22. The lowest BCUT2D eigenvalue weighted by Crippen LogP contribution is -2.28. The van der Waals surface area contributed by atoms with Crippen molar-refractivity contribution in [2.24, 2.45) is 0 Å². The summed E-state index contributed by atoms with van der Waals surface area (Å²) in [6.45, 7) is 2.67. The number of nitrogens with one attached hydrogen (secondary N) is 3. The second kappa shape index (κ2) is 8.10. The van der Waals surface area contributed by atoms with Crippen LogP contribution in [0.2, 0.25) is 0 Å². The third-order valence-electron chi connectivity index (χ3n) is 2.22. The number of amides is 2. The summed E-state index contributed by atoms with van der Waals surface area (Å²) in [7, 11) is 1.71. The van der Waals surface area contributed by atoms with Gasteiger partial charge in [0.2, 0.25) is 5.91 Å². The van der Waals surface area contributed by atoms with Gasteiger partial charge in [0.05, 0.1) is 6.54 Å². The van der Waals surface area contributed by atoms with Crippen molar-refractivity contribution in [3.63, 3.8) is 0 Å². The number of ether oxygens (including phenoxy) is 1. The highest BCUT2D eigenvalue weighted by atomic mass is 16.5. The van der Waals surface area contributed by atoms with Crippen LogP contribution in [0, 0.1) is 0 Å². The van der Waals surface area contributed by atoms with Crippen LogP contribution in [0.15, 0.2) is 24.3 Å². The summed E-state index contributed by atoms with van der Waals surface area (Å²) >= 11 is 0. The molecule has 3 N–H and O–H groups in total. The number of benzene rings is 1. The Morgan fingerprint density at radius 1 is 1.16 bits per heavy atom. The molecule has 104 valence electrons. The Morgan fingerprint density at radius 3 is 2.42 bits per heavy atom. The Bertz CT molecular complexity index is 418. The van der Waals surface area contributed by atoms with Gasteiger partial charge in [0, 0.05) is 12.2 Å². The largest absolute Gasteiger partial charge is 0.484 e. The highest BCUT2D eigenvalue weighted by Crippen LogP contribution is 2.15. The number of carbonyl (C=O) groups excluding carboxylic acids is 2. The molecule has 0 unspecified atom stereocenters. The number of anilines is 1. The van der Waals surface area contributed by atoms with Crippen LogP contribution < -0.4 is 20.7 Å². The molecule has 0 radical (unpaired) electrons. The molecule has 0 saturated heterocycles. The number of rotatable bonds is 7. The predicted molar refractivity (Wildman–Crippen MR) is 73.2 cm³/mol. The van der Waals surface area contributed by atoms with E-state index in [9.17, 15) is 9.59 Å². The first kappa shape index (κ1) is 15.0. The number of hydrogen-bond acceptors (Lipinski definition) is 4. The van der Waals surface area contributed by atoms with E-state index in [-0.39, 0.29) is 25.0 Å². The van der Waals surface area contributed by atoms with E-state index in [4.69, 9.17) is 4.74 Å². The molecule has 1 aromatic carbocycles. The highest BCUT2D eigenvalue weighted by molar-refractivity contribution is 5.92. The Morgan fingerprint density at radius 2 is 1.84 bits per heavy atom. The van der Waals surface area contributed by atoms with Gasteiger partial charge in [-0.1, -0.05) is 0 Å². The Balaban J connectivity index is 2.43.